The van der Waals surface area contributed by atoms with Crippen LogP contribution in [0.4, 0.5) is 5.69 Å². The molecule has 0 atom stereocenters. The van der Waals surface area contributed by atoms with Gasteiger partial charge in [0.2, 0.25) is 0 Å². The smallest absolute Gasteiger partial charge is 0.279 e. The zero-order chi connectivity index (χ0) is 15.2. The highest BCUT2D eigenvalue weighted by Gasteiger charge is 2.23. The summed E-state index contributed by atoms with van der Waals surface area (Å²) in [5.41, 5.74) is 3.39. The molecule has 0 aliphatic carbocycles. The van der Waals surface area contributed by atoms with Crippen molar-refractivity contribution in [3.63, 3.8) is 0 Å². The molecule has 1 aromatic carbocycles. The van der Waals surface area contributed by atoms with Crippen LogP contribution in [0.5, 0.6) is 0 Å². The second-order valence-electron chi connectivity index (χ2n) is 6.04. The van der Waals surface area contributed by atoms with Crippen molar-refractivity contribution in [2.45, 2.75) is 27.2 Å². The number of benzene rings is 1. The SMILES string of the molecule is CCc1cccc(C)c1NC(=O)C[NH+]1CC[NH+](CC)CC1. The fourth-order valence-corrected chi connectivity index (χ4v) is 3.10. The largest absolute Gasteiger partial charge is 0.326 e. The number of likely N-dealkylation sites (N-methyl/N-ethyl adjacent to an activating group) is 1. The highest BCUT2D eigenvalue weighted by atomic mass is 16.2. The van der Waals surface area contributed by atoms with E-state index >= 15 is 0 Å². The third-order valence-electron chi connectivity index (χ3n) is 4.58. The molecule has 116 valence electrons. The fraction of sp³-hybridized carbons (Fsp3) is 0.588. The van der Waals surface area contributed by atoms with Crippen LogP contribution < -0.4 is 15.1 Å². The van der Waals surface area contributed by atoms with Gasteiger partial charge in [-0.2, -0.15) is 0 Å². The maximum Gasteiger partial charge on any atom is 0.279 e. The summed E-state index contributed by atoms with van der Waals surface area (Å²) in [6.07, 6.45) is 0.947. The van der Waals surface area contributed by atoms with Crippen LogP contribution in [0, 0.1) is 6.92 Å². The topological polar surface area (TPSA) is 38.0 Å². The number of nitrogens with one attached hydrogen (secondary N) is 3. The van der Waals surface area contributed by atoms with Crippen molar-refractivity contribution >= 4 is 11.6 Å². The normalized spacial score (nSPS) is 22.0. The predicted molar refractivity (Wildman–Crippen MR) is 86.0 cm³/mol. The first-order valence-electron chi connectivity index (χ1n) is 8.19. The molecule has 0 unspecified atom stereocenters. The third kappa shape index (κ3) is 4.29. The molecule has 1 saturated heterocycles. The average Bonchev–Trinajstić information content (AvgIpc) is 2.50. The van der Waals surface area contributed by atoms with Crippen molar-refractivity contribution in [3.8, 4) is 0 Å². The molecule has 21 heavy (non-hydrogen) atoms. The van der Waals surface area contributed by atoms with Crippen LogP contribution in [0.15, 0.2) is 18.2 Å². The molecule has 3 N–H and O–H groups in total. The molecule has 1 aromatic rings. The van der Waals surface area contributed by atoms with Gasteiger partial charge in [-0.25, -0.2) is 0 Å². The molecule has 1 amide bonds. The van der Waals surface area contributed by atoms with Crippen LogP contribution in [-0.4, -0.2) is 45.2 Å². The van der Waals surface area contributed by atoms with Gasteiger partial charge in [0.15, 0.2) is 6.54 Å². The van der Waals surface area contributed by atoms with E-state index in [1.54, 1.807) is 4.90 Å². The van der Waals surface area contributed by atoms with Crippen LogP contribution >= 0.6 is 0 Å². The molecule has 1 aliphatic heterocycles. The minimum absolute atomic E-state index is 0.147. The molecule has 1 aliphatic rings. The maximum absolute atomic E-state index is 12.3. The zero-order valence-corrected chi connectivity index (χ0v) is 13.6. The highest BCUT2D eigenvalue weighted by Crippen LogP contribution is 2.20. The molecule has 2 rings (SSSR count). The predicted octanol–water partition coefficient (Wildman–Crippen LogP) is -0.701. The van der Waals surface area contributed by atoms with E-state index in [0.717, 1.165) is 30.8 Å². The number of quaternary nitrogens is 2. The first kappa shape index (κ1) is 16.0. The lowest BCUT2D eigenvalue weighted by molar-refractivity contribution is -1.01. The van der Waals surface area contributed by atoms with E-state index in [1.807, 2.05) is 0 Å². The number of piperazine rings is 1. The van der Waals surface area contributed by atoms with Crippen molar-refractivity contribution < 1.29 is 14.6 Å². The van der Waals surface area contributed by atoms with Crippen molar-refractivity contribution in [1.29, 1.82) is 0 Å². The summed E-state index contributed by atoms with van der Waals surface area (Å²) >= 11 is 0. The van der Waals surface area contributed by atoms with Gasteiger partial charge in [-0.15, -0.1) is 0 Å². The molecule has 1 heterocycles. The minimum Gasteiger partial charge on any atom is -0.326 e. The van der Waals surface area contributed by atoms with E-state index in [4.69, 9.17) is 0 Å². The molecule has 1 fully saturated rings. The summed E-state index contributed by atoms with van der Waals surface area (Å²) in [7, 11) is 0. The number of hydrogen-bond donors (Lipinski definition) is 3. The molecular formula is C17H29N3O+2. The van der Waals surface area contributed by atoms with Gasteiger partial charge in [0, 0.05) is 5.69 Å². The summed E-state index contributed by atoms with van der Waals surface area (Å²) < 4.78 is 0. The number of rotatable bonds is 5. The minimum atomic E-state index is 0.147. The summed E-state index contributed by atoms with van der Waals surface area (Å²) in [5, 5.41) is 3.14. The van der Waals surface area contributed by atoms with Gasteiger partial charge >= 0.3 is 0 Å². The van der Waals surface area contributed by atoms with Gasteiger partial charge in [-0.3, -0.25) is 4.79 Å². The van der Waals surface area contributed by atoms with Gasteiger partial charge in [0.1, 0.15) is 26.2 Å². The Bertz CT molecular complexity index is 479. The Hall–Kier alpha value is -1.39. The number of para-hydroxylation sites is 1. The maximum atomic E-state index is 12.3. The lowest BCUT2D eigenvalue weighted by Gasteiger charge is -2.28. The number of amides is 1. The molecule has 4 heteroatoms. The van der Waals surface area contributed by atoms with Crippen LogP contribution in [0.3, 0.4) is 0 Å². The Balaban J connectivity index is 1.91. The van der Waals surface area contributed by atoms with E-state index in [-0.39, 0.29) is 5.91 Å². The van der Waals surface area contributed by atoms with E-state index in [1.165, 1.54) is 30.1 Å². The number of hydrogen-bond acceptors (Lipinski definition) is 1. The summed E-state index contributed by atoms with van der Waals surface area (Å²) in [5.74, 6) is 0.147. The Labute approximate surface area is 128 Å². The molecule has 0 aromatic heterocycles. The third-order valence-corrected chi connectivity index (χ3v) is 4.58. The average molecular weight is 291 g/mol. The molecule has 0 saturated carbocycles. The molecule has 0 spiro atoms. The van der Waals surface area contributed by atoms with Crippen molar-refractivity contribution in [1.82, 2.24) is 0 Å². The fourth-order valence-electron chi connectivity index (χ4n) is 3.10. The summed E-state index contributed by atoms with van der Waals surface area (Å²) in [6.45, 7) is 12.8. The Morgan fingerprint density at radius 3 is 2.43 bits per heavy atom. The van der Waals surface area contributed by atoms with E-state index in [0.29, 0.717) is 6.54 Å². The van der Waals surface area contributed by atoms with Crippen LogP contribution in [0.2, 0.25) is 0 Å². The van der Waals surface area contributed by atoms with Gasteiger partial charge < -0.3 is 15.1 Å². The van der Waals surface area contributed by atoms with Gasteiger partial charge in [-0.05, 0) is 31.4 Å². The standard InChI is InChI=1S/C17H27N3O/c1-4-15-8-6-7-14(3)17(15)18-16(21)13-20-11-9-19(5-2)10-12-20/h6-8H,4-5,9-13H2,1-3H3,(H,18,21)/p+2. The number of anilines is 1. The first-order valence-corrected chi connectivity index (χ1v) is 8.19. The Morgan fingerprint density at radius 2 is 1.81 bits per heavy atom. The van der Waals surface area contributed by atoms with Gasteiger partial charge in [0.25, 0.3) is 5.91 Å². The van der Waals surface area contributed by atoms with E-state index in [9.17, 15) is 4.79 Å². The van der Waals surface area contributed by atoms with E-state index < -0.39 is 0 Å². The Kier molecular flexibility index (Phi) is 5.76. The second-order valence-corrected chi connectivity index (χ2v) is 6.04. The molecule has 4 nitrogen and oxygen atoms in total. The summed E-state index contributed by atoms with van der Waals surface area (Å²) in [6, 6.07) is 6.21. The molecule has 0 bridgehead atoms. The zero-order valence-electron chi connectivity index (χ0n) is 13.6. The quantitative estimate of drug-likeness (QED) is 0.659. The summed E-state index contributed by atoms with van der Waals surface area (Å²) in [4.78, 5) is 15.4. The second kappa shape index (κ2) is 7.57. The molecule has 0 radical (unpaired) electrons. The van der Waals surface area contributed by atoms with Crippen molar-refractivity contribution in [2.75, 3.05) is 44.6 Å². The van der Waals surface area contributed by atoms with Crippen LogP contribution in [-0.2, 0) is 11.2 Å². The van der Waals surface area contributed by atoms with Crippen LogP contribution in [0.1, 0.15) is 25.0 Å². The monoisotopic (exact) mass is 291 g/mol. The van der Waals surface area contributed by atoms with E-state index in [2.05, 4.69) is 44.3 Å². The van der Waals surface area contributed by atoms with Gasteiger partial charge in [0.05, 0.1) is 6.54 Å². The lowest BCUT2D eigenvalue weighted by atomic mass is 10.1. The van der Waals surface area contributed by atoms with Crippen molar-refractivity contribution in [3.05, 3.63) is 29.3 Å². The number of carbonyl (C=O) groups excluding carboxylic acids is 1. The first-order chi connectivity index (χ1) is 10.1. The number of aryl methyl sites for hydroxylation is 2. The lowest BCUT2D eigenvalue weighted by Crippen LogP contribution is -3.28. The number of carbonyl (C=O) groups is 1. The van der Waals surface area contributed by atoms with Gasteiger partial charge in [-0.1, -0.05) is 25.1 Å². The highest BCUT2D eigenvalue weighted by molar-refractivity contribution is 5.93. The van der Waals surface area contributed by atoms with Crippen molar-refractivity contribution in [2.24, 2.45) is 0 Å². The van der Waals surface area contributed by atoms with Crippen LogP contribution in [0.25, 0.3) is 0 Å². The molecular weight excluding hydrogens is 262 g/mol. The Morgan fingerprint density at radius 1 is 1.14 bits per heavy atom.